The fourth-order valence-electron chi connectivity index (χ4n) is 6.65. The standard InChI is InChI=1S/C28H34N6O.C4H6O/c1-30-22-11-9-20(10-12-22)25-23(24-26(29)31-16-32-27(24)33(25)2)19-5-7-21(8-6-19)28(35)34-14-17-3-4-18(13-17)15-34;1-4(2)3-5/h5,9-12,16-18,21,30H,3-4,6-8,13-15H2,1-2H3,(H2,29,31,32);3H,1H2,2H3. The van der Waals surface area contributed by atoms with Gasteiger partial charge in [0.25, 0.3) is 0 Å². The Bertz CT molecular complexity index is 1440. The minimum Gasteiger partial charge on any atom is -0.388 e. The van der Waals surface area contributed by atoms with Crippen LogP contribution in [0.3, 0.4) is 0 Å². The van der Waals surface area contributed by atoms with E-state index in [1.807, 2.05) is 14.1 Å². The summed E-state index contributed by atoms with van der Waals surface area (Å²) in [5.41, 5.74) is 13.5. The largest absolute Gasteiger partial charge is 0.388 e. The van der Waals surface area contributed by atoms with Gasteiger partial charge in [0.1, 0.15) is 24.1 Å². The lowest BCUT2D eigenvalue weighted by Gasteiger charge is -2.35. The van der Waals surface area contributed by atoms with Crippen LogP contribution in [0.15, 0.2) is 48.8 Å². The summed E-state index contributed by atoms with van der Waals surface area (Å²) in [6.45, 7) is 6.89. The fourth-order valence-corrected chi connectivity index (χ4v) is 6.65. The number of aromatic nitrogens is 3. The quantitative estimate of drug-likeness (QED) is 0.329. The molecule has 8 nitrogen and oxygen atoms in total. The van der Waals surface area contributed by atoms with Crippen LogP contribution in [-0.2, 0) is 16.6 Å². The molecule has 3 aliphatic rings. The maximum atomic E-state index is 13.4. The third-order valence-corrected chi connectivity index (χ3v) is 8.64. The SMILES string of the molecule is C=C(C)C=O.CNc1ccc(-c2c(C3=CCC(C(=O)N4CC5CCC(C5)C4)CC3)c3c(N)ncnc3n2C)cc1. The van der Waals surface area contributed by atoms with Crippen LogP contribution in [0.2, 0.25) is 0 Å². The van der Waals surface area contributed by atoms with Crippen molar-refractivity contribution in [3.63, 3.8) is 0 Å². The first-order valence-corrected chi connectivity index (χ1v) is 14.3. The number of rotatable bonds is 5. The van der Waals surface area contributed by atoms with Crippen LogP contribution in [0.4, 0.5) is 11.5 Å². The third-order valence-electron chi connectivity index (χ3n) is 8.64. The Kier molecular flexibility index (Phi) is 8.05. The summed E-state index contributed by atoms with van der Waals surface area (Å²) in [4.78, 5) is 33.9. The number of carbonyl (C=O) groups excluding carboxylic acids is 2. The van der Waals surface area contributed by atoms with Crippen molar-refractivity contribution in [3.05, 3.63) is 54.4 Å². The van der Waals surface area contributed by atoms with E-state index in [0.717, 1.165) is 84.0 Å². The summed E-state index contributed by atoms with van der Waals surface area (Å²) >= 11 is 0. The molecule has 2 aliphatic carbocycles. The highest BCUT2D eigenvalue weighted by Gasteiger charge is 2.37. The molecule has 2 bridgehead atoms. The Morgan fingerprint density at radius 3 is 2.38 bits per heavy atom. The number of anilines is 2. The summed E-state index contributed by atoms with van der Waals surface area (Å²) in [5, 5.41) is 4.10. The number of benzene rings is 1. The van der Waals surface area contributed by atoms with Gasteiger partial charge >= 0.3 is 0 Å². The molecule has 1 amide bonds. The topological polar surface area (TPSA) is 106 Å². The highest BCUT2D eigenvalue weighted by Crippen LogP contribution is 2.44. The number of allylic oxidation sites excluding steroid dienone is 3. The molecule has 3 unspecified atom stereocenters. The molecule has 3 heterocycles. The highest BCUT2D eigenvalue weighted by atomic mass is 16.2. The van der Waals surface area contributed by atoms with Crippen molar-refractivity contribution in [1.82, 2.24) is 19.4 Å². The average molecular weight is 541 g/mol. The van der Waals surface area contributed by atoms with Crippen LogP contribution < -0.4 is 11.1 Å². The van der Waals surface area contributed by atoms with E-state index >= 15 is 0 Å². The van der Waals surface area contributed by atoms with E-state index in [9.17, 15) is 9.59 Å². The third kappa shape index (κ3) is 5.40. The number of fused-ring (bicyclic) bond motifs is 3. The van der Waals surface area contributed by atoms with Gasteiger partial charge in [0.05, 0.1) is 11.1 Å². The van der Waals surface area contributed by atoms with Gasteiger partial charge in [-0.15, -0.1) is 0 Å². The number of amides is 1. The molecule has 1 aliphatic heterocycles. The van der Waals surface area contributed by atoms with Crippen LogP contribution in [0.1, 0.15) is 51.0 Å². The van der Waals surface area contributed by atoms with Gasteiger partial charge in [-0.1, -0.05) is 24.8 Å². The maximum absolute atomic E-state index is 13.4. The predicted octanol–water partition coefficient (Wildman–Crippen LogP) is 5.46. The molecule has 2 aromatic heterocycles. The Labute approximate surface area is 236 Å². The first-order valence-electron chi connectivity index (χ1n) is 14.3. The van der Waals surface area contributed by atoms with Crippen molar-refractivity contribution >= 4 is 40.3 Å². The van der Waals surface area contributed by atoms with Crippen LogP contribution in [0, 0.1) is 17.8 Å². The number of hydrogen-bond donors (Lipinski definition) is 2. The number of nitrogens with one attached hydrogen (secondary N) is 1. The minimum absolute atomic E-state index is 0.0817. The van der Waals surface area contributed by atoms with Gasteiger partial charge in [0, 0.05) is 44.4 Å². The molecular weight excluding hydrogens is 500 g/mol. The van der Waals surface area contributed by atoms with E-state index < -0.39 is 0 Å². The minimum atomic E-state index is 0.0817. The number of hydrogen-bond acceptors (Lipinski definition) is 6. The van der Waals surface area contributed by atoms with Crippen LogP contribution >= 0.6 is 0 Å². The van der Waals surface area contributed by atoms with E-state index in [2.05, 4.69) is 61.7 Å². The second kappa shape index (κ2) is 11.7. The van der Waals surface area contributed by atoms with Gasteiger partial charge in [0.2, 0.25) is 5.91 Å². The van der Waals surface area contributed by atoms with Gasteiger partial charge < -0.3 is 20.5 Å². The zero-order valence-electron chi connectivity index (χ0n) is 23.8. The van der Waals surface area contributed by atoms with Crippen LogP contribution in [0.5, 0.6) is 0 Å². The number of aryl methyl sites for hydroxylation is 1. The summed E-state index contributed by atoms with van der Waals surface area (Å²) in [6.07, 6.45) is 11.0. The Morgan fingerprint density at radius 2 is 1.80 bits per heavy atom. The summed E-state index contributed by atoms with van der Waals surface area (Å²) < 4.78 is 2.12. The number of nitrogen functional groups attached to an aromatic ring is 1. The number of carbonyl (C=O) groups is 2. The van der Waals surface area contributed by atoms with E-state index in [0.29, 0.717) is 17.3 Å². The van der Waals surface area contributed by atoms with Gasteiger partial charge in [-0.25, -0.2) is 9.97 Å². The summed E-state index contributed by atoms with van der Waals surface area (Å²) in [7, 11) is 3.97. The normalized spacial score (nSPS) is 21.8. The first-order chi connectivity index (χ1) is 19.3. The zero-order valence-corrected chi connectivity index (χ0v) is 23.8. The number of nitrogens with two attached hydrogens (primary N) is 1. The molecule has 1 saturated carbocycles. The lowest BCUT2D eigenvalue weighted by molar-refractivity contribution is -0.137. The second-order valence-electron chi connectivity index (χ2n) is 11.5. The molecular formula is C32H40N6O2. The molecule has 3 aromatic rings. The Hall–Kier alpha value is -3.94. The van der Waals surface area contributed by atoms with Gasteiger partial charge in [-0.2, -0.15) is 0 Å². The van der Waals surface area contributed by atoms with E-state index in [-0.39, 0.29) is 5.92 Å². The molecule has 8 heteroatoms. The fraction of sp³-hybridized carbons (Fsp3) is 0.438. The predicted molar refractivity (Wildman–Crippen MR) is 162 cm³/mol. The molecule has 0 spiro atoms. The first kappa shape index (κ1) is 27.6. The number of piperidine rings is 1. The van der Waals surface area contributed by atoms with E-state index in [4.69, 9.17) is 5.73 Å². The van der Waals surface area contributed by atoms with E-state index in [1.54, 1.807) is 6.92 Å². The number of likely N-dealkylation sites (tertiary alicyclic amines) is 1. The van der Waals surface area contributed by atoms with Gasteiger partial charge in [-0.05, 0) is 86.1 Å². The molecule has 1 aromatic carbocycles. The highest BCUT2D eigenvalue weighted by molar-refractivity contribution is 6.04. The van der Waals surface area contributed by atoms with Crippen molar-refractivity contribution in [3.8, 4) is 11.3 Å². The summed E-state index contributed by atoms with van der Waals surface area (Å²) in [6, 6.07) is 8.43. The number of nitrogens with zero attached hydrogens (tertiary/aromatic N) is 4. The van der Waals surface area contributed by atoms with Crippen molar-refractivity contribution in [2.24, 2.45) is 24.8 Å². The lowest BCUT2D eigenvalue weighted by atomic mass is 9.83. The molecule has 210 valence electrons. The van der Waals surface area contributed by atoms with Crippen molar-refractivity contribution in [2.45, 2.75) is 45.4 Å². The van der Waals surface area contributed by atoms with Gasteiger partial charge in [-0.3, -0.25) is 9.59 Å². The zero-order chi connectivity index (χ0) is 28.4. The molecule has 40 heavy (non-hydrogen) atoms. The second-order valence-corrected chi connectivity index (χ2v) is 11.5. The molecule has 1 saturated heterocycles. The van der Waals surface area contributed by atoms with Crippen LogP contribution in [0.25, 0.3) is 27.9 Å². The molecule has 0 radical (unpaired) electrons. The lowest BCUT2D eigenvalue weighted by Crippen LogP contribution is -2.44. The van der Waals surface area contributed by atoms with Crippen molar-refractivity contribution < 1.29 is 9.59 Å². The monoisotopic (exact) mass is 540 g/mol. The molecule has 3 N–H and O–H groups in total. The van der Waals surface area contributed by atoms with Crippen LogP contribution in [-0.4, -0.2) is 51.8 Å². The van der Waals surface area contributed by atoms with E-state index in [1.165, 1.54) is 31.2 Å². The number of aldehydes is 1. The Balaban J connectivity index is 0.000000595. The average Bonchev–Trinajstić information content (AvgIpc) is 3.48. The van der Waals surface area contributed by atoms with Crippen molar-refractivity contribution in [1.29, 1.82) is 0 Å². The summed E-state index contributed by atoms with van der Waals surface area (Å²) in [5.74, 6) is 2.39. The molecule has 3 atom stereocenters. The maximum Gasteiger partial charge on any atom is 0.226 e. The Morgan fingerprint density at radius 1 is 1.12 bits per heavy atom. The molecule has 6 rings (SSSR count). The van der Waals surface area contributed by atoms with Crippen molar-refractivity contribution in [2.75, 3.05) is 31.2 Å². The smallest absolute Gasteiger partial charge is 0.226 e. The molecule has 2 fully saturated rings. The van der Waals surface area contributed by atoms with Gasteiger partial charge in [0.15, 0.2) is 0 Å².